The minimum Gasteiger partial charge on any atom is -0.394 e. The van der Waals surface area contributed by atoms with Crippen LogP contribution in [0.4, 0.5) is 0 Å². The van der Waals surface area contributed by atoms with E-state index in [1.807, 2.05) is 6.92 Å². The van der Waals surface area contributed by atoms with Crippen molar-refractivity contribution in [3.8, 4) is 0 Å². The molecule has 4 saturated carbocycles. The quantitative estimate of drug-likeness (QED) is 0.0562. The fraction of sp³-hybridized carbons (Fsp3) is 0.958. The second-order valence-electron chi connectivity index (χ2n) is 22.9. The second-order valence-corrected chi connectivity index (χ2v) is 22.9. The van der Waals surface area contributed by atoms with Crippen LogP contribution in [-0.2, 0) is 33.2 Å². The summed E-state index contributed by atoms with van der Waals surface area (Å²) in [7, 11) is 0. The first-order valence-corrected chi connectivity index (χ1v) is 24.6. The van der Waals surface area contributed by atoms with Crippen LogP contribution in [0.3, 0.4) is 0 Å². The van der Waals surface area contributed by atoms with Crippen LogP contribution in [-0.4, -0.2) is 204 Å². The van der Waals surface area contributed by atoms with Gasteiger partial charge < -0.3 is 94.4 Å². The molecule has 0 bridgehead atoms. The van der Waals surface area contributed by atoms with Gasteiger partial charge in [0.05, 0.1) is 44.7 Å². The van der Waals surface area contributed by atoms with E-state index in [0.29, 0.717) is 24.7 Å². The van der Waals surface area contributed by atoms with E-state index >= 15 is 0 Å². The van der Waals surface area contributed by atoms with Gasteiger partial charge in [-0.05, 0) is 92.8 Å². The number of aliphatic hydroxyl groups is 12. The average Bonchev–Trinajstić information content (AvgIpc) is 3.97. The van der Waals surface area contributed by atoms with E-state index in [2.05, 4.69) is 47.6 Å². The predicted molar refractivity (Wildman–Crippen MR) is 233 cm³/mol. The molecule has 0 aromatic heterocycles. The highest BCUT2D eigenvalue weighted by Gasteiger charge is 2.83. The van der Waals surface area contributed by atoms with Gasteiger partial charge in [0.1, 0.15) is 78.8 Å². The Kier molecular flexibility index (Phi) is 14.9. The van der Waals surface area contributed by atoms with Crippen LogP contribution in [0.5, 0.6) is 0 Å². The third kappa shape index (κ3) is 8.32. The van der Waals surface area contributed by atoms with Crippen LogP contribution in [0.1, 0.15) is 99.8 Å². The lowest BCUT2D eigenvalue weighted by Gasteiger charge is -2.68. The average molecular weight is 961 g/mol. The van der Waals surface area contributed by atoms with Gasteiger partial charge in [-0.1, -0.05) is 53.2 Å². The molecule has 19 heteroatoms. The molecule has 0 aromatic rings. The fourth-order valence-corrected chi connectivity index (χ4v) is 15.0. The summed E-state index contributed by atoms with van der Waals surface area (Å²) in [5.74, 6) is 0.978. The Balaban J connectivity index is 0.866. The largest absolute Gasteiger partial charge is 0.394 e. The summed E-state index contributed by atoms with van der Waals surface area (Å²) in [5.41, 5.74) is -0.851. The van der Waals surface area contributed by atoms with Gasteiger partial charge in [0, 0.05) is 10.8 Å². The van der Waals surface area contributed by atoms with Gasteiger partial charge in [0.2, 0.25) is 0 Å². The van der Waals surface area contributed by atoms with Crippen LogP contribution < -0.4 is 0 Å². The molecule has 0 radical (unpaired) electrons. The first kappa shape index (κ1) is 52.3. The SMILES string of the molecule is C/C(=C\CC[C@@H](C)C1CC[C@@]2(C)[C@@H]3CC4OC45[C@@H](CCC(O[C@@H]4O[C@H](CO)[C@@H](O)[C@H](O)[C@H]4O)C5(C)C)[C@@]3(C)[C@H](O)C[C@]12C)CO[C@@H]1O[C@H](CO[C@@H]2O[C@H](CO)[C@@H](O)[C@H](O)[C@H]2O)[C@@H](O)[C@H](O)[C@H]1O. The van der Waals surface area contributed by atoms with Crippen molar-refractivity contribution in [3.63, 3.8) is 0 Å². The van der Waals surface area contributed by atoms with Crippen LogP contribution in [0.15, 0.2) is 11.6 Å². The monoisotopic (exact) mass is 961 g/mol. The predicted octanol–water partition coefficient (Wildman–Crippen LogP) is -1.04. The summed E-state index contributed by atoms with van der Waals surface area (Å²) in [4.78, 5) is 0. The number of ether oxygens (including phenoxy) is 7. The van der Waals surface area contributed by atoms with Crippen LogP contribution in [0.2, 0.25) is 0 Å². The number of fused-ring (bicyclic) bond motifs is 4. The number of allylic oxidation sites excluding steroid dienone is 1. The lowest BCUT2D eigenvalue weighted by atomic mass is 9.36. The summed E-state index contributed by atoms with van der Waals surface area (Å²) in [6.45, 7) is 14.0. The zero-order valence-corrected chi connectivity index (χ0v) is 40.0. The molecule has 4 unspecified atom stereocenters. The minimum absolute atomic E-state index is 0.0332. The topological polar surface area (TPSA) is 311 Å². The van der Waals surface area contributed by atoms with Crippen molar-refractivity contribution in [2.75, 3.05) is 26.4 Å². The Bertz CT molecular complexity index is 1750. The molecule has 4 aliphatic carbocycles. The van der Waals surface area contributed by atoms with E-state index < -0.39 is 141 Å². The number of rotatable bonds is 14. The van der Waals surface area contributed by atoms with Gasteiger partial charge in [0.25, 0.3) is 0 Å². The fourth-order valence-electron chi connectivity index (χ4n) is 15.0. The van der Waals surface area contributed by atoms with Gasteiger partial charge >= 0.3 is 0 Å². The standard InChI is InChI=1S/C48H80O19/c1-21(19-61-41-39(59)37(57)34(54)26(65-41)20-62-42-38(58)35(55)32(52)24(17-49)63-42)9-8-10-22(2)23-13-14-45(5)28-15-31-48(67-31)27(47(28,7)29(51)16-46(23,45)6)11-12-30(44(48,3)4)66-43-40(60)36(56)33(53)25(18-50)64-43/h9,22-43,49-60H,8,10-20H2,1-7H3/b21-9+/t22-,23?,24-,25-,26-,27+,28+,29-,30?,31?,32-,33-,34-,35+,36+,37+,38-,39-,40-,41-,42-,43+,45+,46-,47-,48?/m1/s1. The molecular formula is C48H80O19. The highest BCUT2D eigenvalue weighted by Crippen LogP contribution is 2.80. The van der Waals surface area contributed by atoms with Gasteiger partial charge in [-0.3, -0.25) is 0 Å². The third-order valence-electron chi connectivity index (χ3n) is 19.3. The molecule has 0 aromatic carbocycles. The number of hydrogen-bond acceptors (Lipinski definition) is 19. The van der Waals surface area contributed by atoms with Gasteiger partial charge in [-0.15, -0.1) is 0 Å². The molecule has 8 aliphatic rings. The summed E-state index contributed by atoms with van der Waals surface area (Å²) >= 11 is 0. The van der Waals surface area contributed by atoms with Crippen LogP contribution in [0, 0.1) is 45.3 Å². The Labute approximate surface area is 392 Å². The van der Waals surface area contributed by atoms with Crippen molar-refractivity contribution < 1.29 is 94.4 Å². The molecular weight excluding hydrogens is 881 g/mol. The molecule has 67 heavy (non-hydrogen) atoms. The first-order valence-electron chi connectivity index (χ1n) is 24.6. The van der Waals surface area contributed by atoms with Crippen molar-refractivity contribution in [3.05, 3.63) is 11.6 Å². The van der Waals surface area contributed by atoms with E-state index in [0.717, 1.165) is 44.1 Å². The summed E-state index contributed by atoms with van der Waals surface area (Å²) < 4.78 is 41.7. The second kappa shape index (κ2) is 19.1. The molecule has 4 aliphatic heterocycles. The zero-order valence-electron chi connectivity index (χ0n) is 40.0. The lowest BCUT2D eigenvalue weighted by Crippen LogP contribution is -2.70. The van der Waals surface area contributed by atoms with E-state index in [1.54, 1.807) is 0 Å². The normalized spacial score (nSPS) is 54.4. The maximum Gasteiger partial charge on any atom is 0.187 e. The van der Waals surface area contributed by atoms with E-state index in [-0.39, 0.29) is 35.4 Å². The molecule has 12 N–H and O–H groups in total. The first-order chi connectivity index (χ1) is 31.4. The third-order valence-corrected chi connectivity index (χ3v) is 19.3. The molecule has 4 saturated heterocycles. The smallest absolute Gasteiger partial charge is 0.187 e. The number of hydrogen-bond donors (Lipinski definition) is 12. The zero-order chi connectivity index (χ0) is 48.9. The van der Waals surface area contributed by atoms with Crippen molar-refractivity contribution in [2.45, 2.75) is 216 Å². The molecule has 1 spiro atoms. The van der Waals surface area contributed by atoms with Gasteiger partial charge in [-0.2, -0.15) is 0 Å². The van der Waals surface area contributed by atoms with Gasteiger partial charge in [0.15, 0.2) is 18.9 Å². The molecule has 8 fully saturated rings. The maximum atomic E-state index is 12.6. The van der Waals surface area contributed by atoms with Crippen LogP contribution in [0.25, 0.3) is 0 Å². The van der Waals surface area contributed by atoms with Crippen molar-refractivity contribution in [1.29, 1.82) is 0 Å². The Morgan fingerprint density at radius 3 is 1.82 bits per heavy atom. The van der Waals surface area contributed by atoms with Crippen molar-refractivity contribution >= 4 is 0 Å². The number of aliphatic hydroxyl groups excluding tert-OH is 12. The molecule has 4 heterocycles. The maximum absolute atomic E-state index is 12.6. The molecule has 8 rings (SSSR count). The molecule has 386 valence electrons. The highest BCUT2D eigenvalue weighted by atomic mass is 16.7. The summed E-state index contributed by atoms with van der Waals surface area (Å²) in [6, 6.07) is 0. The Morgan fingerprint density at radius 2 is 1.21 bits per heavy atom. The minimum atomic E-state index is -1.67. The molecule has 0 amide bonds. The van der Waals surface area contributed by atoms with E-state index in [1.165, 1.54) is 0 Å². The summed E-state index contributed by atoms with van der Waals surface area (Å²) in [5, 5.41) is 126. The molecule has 19 nitrogen and oxygen atoms in total. The Morgan fingerprint density at radius 1 is 0.657 bits per heavy atom. The number of epoxide rings is 1. The van der Waals surface area contributed by atoms with Gasteiger partial charge in [-0.25, -0.2) is 0 Å². The van der Waals surface area contributed by atoms with E-state index in [9.17, 15) is 61.3 Å². The van der Waals surface area contributed by atoms with Crippen molar-refractivity contribution in [1.82, 2.24) is 0 Å². The molecule has 26 atom stereocenters. The van der Waals surface area contributed by atoms with E-state index in [4.69, 9.17) is 33.2 Å². The highest BCUT2D eigenvalue weighted by molar-refractivity contribution is 5.30. The Hall–Kier alpha value is -1.02. The summed E-state index contributed by atoms with van der Waals surface area (Å²) in [6.07, 6.45) is -14.1. The van der Waals surface area contributed by atoms with Crippen molar-refractivity contribution in [2.24, 2.45) is 45.3 Å². The lowest BCUT2D eigenvalue weighted by molar-refractivity contribution is -0.330. The van der Waals surface area contributed by atoms with Crippen LogP contribution >= 0.6 is 0 Å².